The fraction of sp³-hybridized carbons (Fsp3) is 0.750. The first kappa shape index (κ1) is 15.5. The number of hydrogen-bond acceptors (Lipinski definition) is 4. The highest BCUT2D eigenvalue weighted by Crippen LogP contribution is 2.23. The third-order valence-corrected chi connectivity index (χ3v) is 4.72. The molecule has 1 saturated carbocycles. The number of hydrogen-bond donors (Lipinski definition) is 2. The minimum absolute atomic E-state index is 0.114. The maximum atomic E-state index is 11.9. The van der Waals surface area contributed by atoms with Crippen molar-refractivity contribution < 1.29 is 9.90 Å². The first-order valence-corrected chi connectivity index (χ1v) is 8.39. The third-order valence-electron chi connectivity index (χ3n) is 4.72. The number of piperidine rings is 1. The molecular formula is C16H26N4O2. The second-order valence-corrected chi connectivity index (χ2v) is 6.56. The van der Waals surface area contributed by atoms with E-state index >= 15 is 0 Å². The van der Waals surface area contributed by atoms with Gasteiger partial charge in [0.2, 0.25) is 5.91 Å². The van der Waals surface area contributed by atoms with E-state index in [1.54, 1.807) is 6.20 Å². The van der Waals surface area contributed by atoms with Gasteiger partial charge in [0.15, 0.2) is 0 Å². The summed E-state index contributed by atoms with van der Waals surface area (Å²) in [6.07, 6.45) is 9.86. The van der Waals surface area contributed by atoms with E-state index in [4.69, 9.17) is 0 Å². The summed E-state index contributed by atoms with van der Waals surface area (Å²) >= 11 is 0. The Morgan fingerprint density at radius 2 is 2.05 bits per heavy atom. The lowest BCUT2D eigenvalue weighted by Gasteiger charge is -2.33. The zero-order chi connectivity index (χ0) is 15.4. The maximum Gasteiger partial charge on any atom is 0.249 e. The fourth-order valence-corrected chi connectivity index (χ4v) is 3.12. The molecule has 22 heavy (non-hydrogen) atoms. The summed E-state index contributed by atoms with van der Waals surface area (Å²) in [5, 5.41) is 13.1. The molecule has 6 heteroatoms. The Bertz CT molecular complexity index is 465. The summed E-state index contributed by atoms with van der Waals surface area (Å²) in [5.74, 6) is -0.0512. The number of aryl methyl sites for hydroxylation is 1. The molecule has 2 aliphatic rings. The van der Waals surface area contributed by atoms with Gasteiger partial charge in [0.25, 0.3) is 0 Å². The van der Waals surface area contributed by atoms with Gasteiger partial charge in [0.1, 0.15) is 6.10 Å². The number of rotatable bonds is 7. The lowest BCUT2D eigenvalue weighted by atomic mass is 9.90. The van der Waals surface area contributed by atoms with E-state index in [0.717, 1.165) is 58.3 Å². The molecule has 1 aromatic rings. The Morgan fingerprint density at radius 3 is 2.68 bits per heavy atom. The predicted molar refractivity (Wildman–Crippen MR) is 83.2 cm³/mol. The molecule has 0 bridgehead atoms. The molecule has 1 unspecified atom stereocenters. The van der Waals surface area contributed by atoms with Gasteiger partial charge in [-0.25, -0.2) is 4.98 Å². The number of likely N-dealkylation sites (tertiary alicyclic amines) is 1. The van der Waals surface area contributed by atoms with E-state index in [0.29, 0.717) is 6.04 Å². The van der Waals surface area contributed by atoms with Crippen molar-refractivity contribution in [3.8, 4) is 0 Å². The van der Waals surface area contributed by atoms with Crippen molar-refractivity contribution in [3.63, 3.8) is 0 Å². The molecule has 1 aliphatic carbocycles. The van der Waals surface area contributed by atoms with Gasteiger partial charge in [-0.05, 0) is 57.7 Å². The number of imidazole rings is 1. The van der Waals surface area contributed by atoms with Crippen LogP contribution in [0.4, 0.5) is 0 Å². The van der Waals surface area contributed by atoms with Gasteiger partial charge in [-0.3, -0.25) is 4.79 Å². The van der Waals surface area contributed by atoms with Gasteiger partial charge in [-0.15, -0.1) is 0 Å². The second kappa shape index (κ2) is 7.24. The monoisotopic (exact) mass is 306 g/mol. The summed E-state index contributed by atoms with van der Waals surface area (Å²) in [6.45, 7) is 4.01. The molecule has 1 amide bonds. The van der Waals surface area contributed by atoms with Gasteiger partial charge in [-0.2, -0.15) is 0 Å². The Balaban J connectivity index is 1.33. The van der Waals surface area contributed by atoms with E-state index in [1.807, 2.05) is 12.5 Å². The summed E-state index contributed by atoms with van der Waals surface area (Å²) in [6, 6.07) is 0.324. The van der Waals surface area contributed by atoms with Crippen molar-refractivity contribution >= 4 is 5.91 Å². The number of aromatic nitrogens is 2. The van der Waals surface area contributed by atoms with Crippen molar-refractivity contribution in [2.24, 2.45) is 5.92 Å². The molecule has 2 fully saturated rings. The highest BCUT2D eigenvalue weighted by molar-refractivity contribution is 5.81. The molecule has 1 aromatic heterocycles. The van der Waals surface area contributed by atoms with Crippen molar-refractivity contribution in [3.05, 3.63) is 18.7 Å². The van der Waals surface area contributed by atoms with E-state index in [9.17, 15) is 9.90 Å². The first-order chi connectivity index (χ1) is 10.7. The number of aliphatic hydroxyl groups is 1. The molecular weight excluding hydrogens is 280 g/mol. The van der Waals surface area contributed by atoms with Crippen molar-refractivity contribution in [2.45, 2.75) is 50.8 Å². The van der Waals surface area contributed by atoms with Crippen LogP contribution in [0.25, 0.3) is 0 Å². The average Bonchev–Trinajstić information content (AvgIpc) is 3.19. The minimum Gasteiger partial charge on any atom is -0.383 e. The Hall–Kier alpha value is -1.40. The highest BCUT2D eigenvalue weighted by atomic mass is 16.3. The van der Waals surface area contributed by atoms with Crippen LogP contribution in [0.1, 0.15) is 32.1 Å². The lowest BCUT2D eigenvalue weighted by Crippen LogP contribution is -2.45. The van der Waals surface area contributed by atoms with Gasteiger partial charge in [0, 0.05) is 25.0 Å². The highest BCUT2D eigenvalue weighted by Gasteiger charge is 2.32. The van der Waals surface area contributed by atoms with Crippen molar-refractivity contribution in [1.82, 2.24) is 19.8 Å². The van der Waals surface area contributed by atoms with Crippen LogP contribution >= 0.6 is 0 Å². The predicted octanol–water partition coefficient (Wildman–Crippen LogP) is 0.625. The molecule has 2 N–H and O–H groups in total. The molecule has 0 spiro atoms. The topological polar surface area (TPSA) is 70.4 Å². The van der Waals surface area contributed by atoms with Crippen LogP contribution in [0.5, 0.6) is 0 Å². The van der Waals surface area contributed by atoms with Crippen LogP contribution in [0.15, 0.2) is 18.7 Å². The zero-order valence-electron chi connectivity index (χ0n) is 13.0. The van der Waals surface area contributed by atoms with Gasteiger partial charge < -0.3 is 19.9 Å². The Morgan fingerprint density at radius 1 is 1.27 bits per heavy atom. The number of nitrogens with zero attached hydrogens (tertiary/aromatic N) is 3. The molecule has 6 nitrogen and oxygen atoms in total. The second-order valence-electron chi connectivity index (χ2n) is 6.56. The number of aliphatic hydroxyl groups excluding tert-OH is 1. The normalized spacial score (nSPS) is 21.7. The number of nitrogens with one attached hydrogen (secondary N) is 1. The Kier molecular flexibility index (Phi) is 5.10. The van der Waals surface area contributed by atoms with Crippen LogP contribution < -0.4 is 5.32 Å². The van der Waals surface area contributed by atoms with Gasteiger partial charge >= 0.3 is 0 Å². The van der Waals surface area contributed by atoms with E-state index in [1.165, 1.54) is 0 Å². The summed E-state index contributed by atoms with van der Waals surface area (Å²) in [5.41, 5.74) is 0. The van der Waals surface area contributed by atoms with E-state index < -0.39 is 6.10 Å². The number of carbonyl (C=O) groups excluding carboxylic acids is 1. The Labute approximate surface area is 131 Å². The SMILES string of the molecule is O=C(NC1CC1)C(O)C1CCN(CCCn2ccnc2)CC1. The molecule has 1 aliphatic heterocycles. The van der Waals surface area contributed by atoms with Crippen LogP contribution in [-0.4, -0.2) is 57.2 Å². The third kappa shape index (κ3) is 4.30. The van der Waals surface area contributed by atoms with E-state index in [2.05, 4.69) is 19.8 Å². The average molecular weight is 306 g/mol. The standard InChI is InChI=1S/C16H26N4O2/c21-15(16(22)18-14-2-3-14)13-4-9-19(10-5-13)7-1-8-20-11-6-17-12-20/h6,11-15,21H,1-5,7-10H2,(H,18,22). The first-order valence-electron chi connectivity index (χ1n) is 8.39. The quantitative estimate of drug-likeness (QED) is 0.775. The molecule has 1 atom stereocenters. The molecule has 1 saturated heterocycles. The number of amides is 1. The zero-order valence-corrected chi connectivity index (χ0v) is 13.0. The van der Waals surface area contributed by atoms with Crippen molar-refractivity contribution in [2.75, 3.05) is 19.6 Å². The number of carbonyl (C=O) groups is 1. The molecule has 3 rings (SSSR count). The smallest absolute Gasteiger partial charge is 0.249 e. The van der Waals surface area contributed by atoms with Gasteiger partial charge in [-0.1, -0.05) is 0 Å². The lowest BCUT2D eigenvalue weighted by molar-refractivity contribution is -0.133. The van der Waals surface area contributed by atoms with Crippen LogP contribution in [0.3, 0.4) is 0 Å². The minimum atomic E-state index is -0.825. The molecule has 2 heterocycles. The maximum absolute atomic E-state index is 11.9. The molecule has 122 valence electrons. The molecule has 0 radical (unpaired) electrons. The van der Waals surface area contributed by atoms with Crippen LogP contribution in [-0.2, 0) is 11.3 Å². The summed E-state index contributed by atoms with van der Waals surface area (Å²) < 4.78 is 2.10. The van der Waals surface area contributed by atoms with Crippen LogP contribution in [0.2, 0.25) is 0 Å². The van der Waals surface area contributed by atoms with Crippen molar-refractivity contribution in [1.29, 1.82) is 0 Å². The van der Waals surface area contributed by atoms with E-state index in [-0.39, 0.29) is 11.8 Å². The van der Waals surface area contributed by atoms with Crippen LogP contribution in [0, 0.1) is 5.92 Å². The van der Waals surface area contributed by atoms with Gasteiger partial charge in [0.05, 0.1) is 6.33 Å². The largest absolute Gasteiger partial charge is 0.383 e. The fourth-order valence-electron chi connectivity index (χ4n) is 3.12. The summed E-state index contributed by atoms with van der Waals surface area (Å²) in [7, 11) is 0. The summed E-state index contributed by atoms with van der Waals surface area (Å²) in [4.78, 5) is 18.4. The molecule has 0 aromatic carbocycles.